The van der Waals surface area contributed by atoms with Crippen molar-refractivity contribution in [2.45, 2.75) is 44.3 Å². The topological polar surface area (TPSA) is 186 Å². The second kappa shape index (κ2) is 12.2. The van der Waals surface area contributed by atoms with Gasteiger partial charge in [0.05, 0.1) is 28.8 Å². The number of carboxylic acid groups (broad SMARTS) is 1. The molecule has 1 aromatic carbocycles. The number of carboxylic acids is 1. The predicted octanol–water partition coefficient (Wildman–Crippen LogP) is 2.18. The van der Waals surface area contributed by atoms with Gasteiger partial charge in [-0.2, -0.15) is 0 Å². The zero-order valence-electron chi connectivity index (χ0n) is 21.2. The molecule has 0 aliphatic carbocycles. The highest BCUT2D eigenvalue weighted by molar-refractivity contribution is 8.03. The number of carbonyl (C=O) groups is 3. The Hall–Kier alpha value is -3.36. The third kappa shape index (κ3) is 6.12. The van der Waals surface area contributed by atoms with Crippen LogP contribution in [0.15, 0.2) is 34.9 Å². The number of rotatable bonds is 10. The number of amides is 2. The number of aliphatic carboxylic acids is 1. The molecule has 0 saturated carbocycles. The maximum atomic E-state index is 12.5. The van der Waals surface area contributed by atoms with Gasteiger partial charge in [-0.1, -0.05) is 6.92 Å². The Morgan fingerprint density at radius 1 is 1.31 bits per heavy atom. The predicted molar refractivity (Wildman–Crippen MR) is 143 cm³/mol. The summed E-state index contributed by atoms with van der Waals surface area (Å²) in [6.45, 7) is 4.65. The summed E-state index contributed by atoms with van der Waals surface area (Å²) in [7, 11) is 0. The SMILES string of the molecule is C[C@@H](O)[C@H]1C(=O)N2C(C(=O)O)=C(SC3CN(C(=N)CCNC(=O)OCc4ccc([N+](=O)[O-])cc4)C3)[C@H](C)[C@H]12.Cl. The molecule has 4 N–H and O–H groups in total. The van der Waals surface area contributed by atoms with Crippen LogP contribution in [0.5, 0.6) is 0 Å². The summed E-state index contributed by atoms with van der Waals surface area (Å²) in [4.78, 5) is 50.2. The molecule has 2 amide bonds. The van der Waals surface area contributed by atoms with Crippen LogP contribution in [0, 0.1) is 27.4 Å². The molecule has 4 atom stereocenters. The number of aliphatic hydroxyl groups is 1. The highest BCUT2D eigenvalue weighted by Gasteiger charge is 2.60. The summed E-state index contributed by atoms with van der Waals surface area (Å²) >= 11 is 1.42. The first-order chi connectivity index (χ1) is 18.0. The number of benzene rings is 1. The van der Waals surface area contributed by atoms with Gasteiger partial charge in [0, 0.05) is 54.3 Å². The molecule has 0 radical (unpaired) electrons. The number of aliphatic hydroxyl groups excluding tert-OH is 1. The number of ether oxygens (including phenoxy) is 1. The highest BCUT2D eigenvalue weighted by Crippen LogP contribution is 2.51. The van der Waals surface area contributed by atoms with Gasteiger partial charge in [0.25, 0.3) is 5.69 Å². The number of carbonyl (C=O) groups excluding carboxylic acids is 2. The minimum absolute atomic E-state index is 0. The summed E-state index contributed by atoms with van der Waals surface area (Å²) in [6, 6.07) is 5.32. The van der Waals surface area contributed by atoms with Crippen molar-refractivity contribution in [3.05, 3.63) is 50.5 Å². The van der Waals surface area contributed by atoms with Gasteiger partial charge in [-0.3, -0.25) is 20.3 Å². The van der Waals surface area contributed by atoms with Gasteiger partial charge in [-0.15, -0.1) is 24.2 Å². The number of fused-ring (bicyclic) bond motifs is 1. The zero-order chi connectivity index (χ0) is 27.7. The number of halogens is 1. The van der Waals surface area contributed by atoms with E-state index < -0.39 is 29.0 Å². The normalized spacial score (nSPS) is 22.7. The number of nitro groups is 1. The second-order valence-corrected chi connectivity index (χ2v) is 10.9. The van der Waals surface area contributed by atoms with Crippen molar-refractivity contribution in [3.8, 4) is 0 Å². The summed E-state index contributed by atoms with van der Waals surface area (Å²) in [5.41, 5.74) is 0.556. The number of hydrogen-bond acceptors (Lipinski definition) is 9. The van der Waals surface area contributed by atoms with E-state index in [-0.39, 0.29) is 66.5 Å². The lowest BCUT2D eigenvalue weighted by Crippen LogP contribution is -2.63. The minimum Gasteiger partial charge on any atom is -0.477 e. The third-order valence-electron chi connectivity index (χ3n) is 6.98. The van der Waals surface area contributed by atoms with E-state index in [0.717, 1.165) is 0 Å². The van der Waals surface area contributed by atoms with E-state index in [1.165, 1.54) is 40.9 Å². The molecule has 15 heteroatoms. The van der Waals surface area contributed by atoms with Crippen LogP contribution in [-0.4, -0.2) is 85.8 Å². The molecule has 0 spiro atoms. The number of nitrogens with zero attached hydrogens (tertiary/aromatic N) is 3. The van der Waals surface area contributed by atoms with Gasteiger partial charge in [-0.05, 0) is 24.6 Å². The lowest BCUT2D eigenvalue weighted by molar-refractivity contribution is -0.384. The van der Waals surface area contributed by atoms with Crippen molar-refractivity contribution in [1.29, 1.82) is 5.41 Å². The van der Waals surface area contributed by atoms with Crippen molar-refractivity contribution in [1.82, 2.24) is 15.1 Å². The van der Waals surface area contributed by atoms with Crippen LogP contribution >= 0.6 is 24.2 Å². The van der Waals surface area contributed by atoms with E-state index in [1.54, 1.807) is 6.92 Å². The molecule has 0 bridgehead atoms. The molecular weight excluding hydrogens is 554 g/mol. The molecule has 3 aliphatic rings. The lowest BCUT2D eigenvalue weighted by atomic mass is 9.79. The average Bonchev–Trinajstić information content (AvgIpc) is 3.07. The molecule has 212 valence electrons. The van der Waals surface area contributed by atoms with Crippen molar-refractivity contribution < 1.29 is 34.3 Å². The molecule has 39 heavy (non-hydrogen) atoms. The van der Waals surface area contributed by atoms with E-state index in [1.807, 2.05) is 11.8 Å². The van der Waals surface area contributed by atoms with Crippen LogP contribution in [0.2, 0.25) is 0 Å². The first-order valence-corrected chi connectivity index (χ1v) is 13.0. The van der Waals surface area contributed by atoms with Gasteiger partial charge in [0.1, 0.15) is 12.3 Å². The van der Waals surface area contributed by atoms with Crippen LogP contribution in [-0.2, 0) is 20.9 Å². The lowest BCUT2D eigenvalue weighted by Gasteiger charge is -2.46. The summed E-state index contributed by atoms with van der Waals surface area (Å²) in [5, 5.41) is 41.3. The highest BCUT2D eigenvalue weighted by atomic mass is 35.5. The van der Waals surface area contributed by atoms with E-state index >= 15 is 0 Å². The zero-order valence-corrected chi connectivity index (χ0v) is 22.9. The minimum atomic E-state index is -1.16. The Balaban J connectivity index is 0.00000420. The number of non-ortho nitro benzene ring substituents is 1. The molecule has 3 heterocycles. The molecule has 2 saturated heterocycles. The van der Waals surface area contributed by atoms with E-state index in [2.05, 4.69) is 5.32 Å². The van der Waals surface area contributed by atoms with Crippen LogP contribution < -0.4 is 5.32 Å². The van der Waals surface area contributed by atoms with Crippen LogP contribution in [0.3, 0.4) is 0 Å². The van der Waals surface area contributed by atoms with Crippen molar-refractivity contribution >= 4 is 53.7 Å². The van der Waals surface area contributed by atoms with Crippen molar-refractivity contribution in [2.24, 2.45) is 11.8 Å². The monoisotopic (exact) mass is 583 g/mol. The summed E-state index contributed by atoms with van der Waals surface area (Å²) in [6.07, 6.45) is -1.23. The Kier molecular flexibility index (Phi) is 9.46. The van der Waals surface area contributed by atoms with E-state index in [0.29, 0.717) is 29.4 Å². The molecule has 0 aromatic heterocycles. The quantitative estimate of drug-likeness (QED) is 0.104. The van der Waals surface area contributed by atoms with Gasteiger partial charge in [-0.25, -0.2) is 9.59 Å². The number of nitrogens with one attached hydrogen (secondary N) is 2. The summed E-state index contributed by atoms with van der Waals surface area (Å²) in [5.74, 6) is -1.98. The van der Waals surface area contributed by atoms with Gasteiger partial charge >= 0.3 is 12.1 Å². The number of hydrogen-bond donors (Lipinski definition) is 4. The third-order valence-corrected chi connectivity index (χ3v) is 8.43. The van der Waals surface area contributed by atoms with Gasteiger partial charge in [0.15, 0.2) is 0 Å². The molecule has 2 fully saturated rings. The average molecular weight is 584 g/mol. The largest absolute Gasteiger partial charge is 0.477 e. The maximum Gasteiger partial charge on any atom is 0.407 e. The maximum absolute atomic E-state index is 12.5. The number of likely N-dealkylation sites (tertiary alicyclic amines) is 1. The standard InChI is InChI=1S/C24H29N5O8S.ClH/c1-12-19-18(13(2)30)22(31)28(19)20(23(32)33)21(12)38-16-9-27(10-16)17(25)7-8-26-24(34)37-11-14-3-5-15(6-4-14)29(35)36;/h3-6,12-13,16,18-19,25,30H,7-11H2,1-2H3,(H,26,34)(H,32,33);1H/t12-,13-,18-,19-;/m1./s1. The number of β-lactam (4-membered cyclic amide) rings is 1. The van der Waals surface area contributed by atoms with Crippen LogP contribution in [0.4, 0.5) is 10.5 Å². The van der Waals surface area contributed by atoms with Crippen LogP contribution in [0.25, 0.3) is 0 Å². The smallest absolute Gasteiger partial charge is 0.407 e. The second-order valence-electron chi connectivity index (χ2n) is 9.54. The fourth-order valence-corrected chi connectivity index (χ4v) is 6.47. The summed E-state index contributed by atoms with van der Waals surface area (Å²) < 4.78 is 5.09. The fraction of sp³-hybridized carbons (Fsp3) is 0.500. The Morgan fingerprint density at radius 2 is 1.95 bits per heavy atom. The number of amidine groups is 1. The number of thioether (sulfide) groups is 1. The Bertz CT molecular complexity index is 1190. The Labute approximate surface area is 234 Å². The molecule has 1 aromatic rings. The van der Waals surface area contributed by atoms with Gasteiger partial charge in [0.2, 0.25) is 5.91 Å². The van der Waals surface area contributed by atoms with Crippen LogP contribution in [0.1, 0.15) is 25.8 Å². The fourth-order valence-electron chi connectivity index (χ4n) is 4.95. The Morgan fingerprint density at radius 3 is 2.51 bits per heavy atom. The van der Waals surface area contributed by atoms with Crippen molar-refractivity contribution in [2.75, 3.05) is 19.6 Å². The van der Waals surface area contributed by atoms with Crippen molar-refractivity contribution in [3.63, 3.8) is 0 Å². The molecule has 3 aliphatic heterocycles. The first-order valence-electron chi connectivity index (χ1n) is 12.1. The van der Waals surface area contributed by atoms with Gasteiger partial charge < -0.3 is 30.1 Å². The molecule has 13 nitrogen and oxygen atoms in total. The molecule has 4 rings (SSSR count). The van der Waals surface area contributed by atoms with E-state index in [4.69, 9.17) is 10.1 Å². The number of nitro benzene ring substituents is 1. The number of alkyl carbamates (subject to hydrolysis) is 1. The molecular formula is C24H30ClN5O8S. The molecule has 0 unspecified atom stereocenters. The first kappa shape index (κ1) is 30.2. The van der Waals surface area contributed by atoms with E-state index in [9.17, 15) is 34.7 Å².